The van der Waals surface area contributed by atoms with E-state index in [1.807, 2.05) is 16.7 Å². The summed E-state index contributed by atoms with van der Waals surface area (Å²) >= 11 is 7.13. The number of rotatable bonds is 10. The molecule has 0 spiro atoms. The summed E-state index contributed by atoms with van der Waals surface area (Å²) in [6, 6.07) is 13.2. The molecule has 0 saturated carbocycles. The smallest absolute Gasteiger partial charge is 0.387 e. The summed E-state index contributed by atoms with van der Waals surface area (Å²) in [7, 11) is 1.59. The molecular weight excluding hydrogens is 450 g/mol. The highest BCUT2D eigenvalue weighted by Gasteiger charge is 2.17. The third-order valence-electron chi connectivity index (χ3n) is 4.05. The average molecular weight is 469 g/mol. The zero-order valence-corrected chi connectivity index (χ0v) is 18.0. The van der Waals surface area contributed by atoms with Gasteiger partial charge < -0.3 is 14.8 Å². The van der Waals surface area contributed by atoms with E-state index in [2.05, 4.69) is 20.3 Å². The Morgan fingerprint density at radius 2 is 1.94 bits per heavy atom. The van der Waals surface area contributed by atoms with Crippen molar-refractivity contribution in [2.75, 3.05) is 24.8 Å². The molecule has 2 aromatic carbocycles. The van der Waals surface area contributed by atoms with Crippen molar-refractivity contribution in [1.29, 1.82) is 0 Å². The number of para-hydroxylation sites is 2. The molecule has 0 radical (unpaired) electrons. The second kappa shape index (κ2) is 11.1. The van der Waals surface area contributed by atoms with Crippen molar-refractivity contribution in [3.05, 3.63) is 53.6 Å². The second-order valence-electron chi connectivity index (χ2n) is 6.17. The van der Waals surface area contributed by atoms with Crippen LogP contribution in [0.25, 0.3) is 11.4 Å². The van der Waals surface area contributed by atoms with Gasteiger partial charge in [-0.3, -0.25) is 9.36 Å². The number of anilines is 1. The summed E-state index contributed by atoms with van der Waals surface area (Å²) in [5.41, 5.74) is 0.985. The third kappa shape index (κ3) is 6.39. The van der Waals surface area contributed by atoms with Gasteiger partial charge in [0.25, 0.3) is 0 Å². The fourth-order valence-corrected chi connectivity index (χ4v) is 3.57. The molecule has 164 valence electrons. The van der Waals surface area contributed by atoms with Crippen molar-refractivity contribution in [3.8, 4) is 17.1 Å². The summed E-state index contributed by atoms with van der Waals surface area (Å²) in [5.74, 6) is 0.107. The molecule has 7 nitrogen and oxygen atoms in total. The fraction of sp³-hybridized carbons (Fsp3) is 0.250. The number of benzene rings is 2. The molecule has 0 aliphatic rings. The molecule has 0 aliphatic heterocycles. The van der Waals surface area contributed by atoms with E-state index in [0.29, 0.717) is 29.2 Å². The van der Waals surface area contributed by atoms with Crippen molar-refractivity contribution in [2.24, 2.45) is 0 Å². The third-order valence-corrected chi connectivity index (χ3v) is 5.27. The number of nitrogens with one attached hydrogen (secondary N) is 1. The number of aromatic nitrogens is 3. The van der Waals surface area contributed by atoms with Crippen molar-refractivity contribution in [2.45, 2.75) is 18.3 Å². The molecule has 1 amide bonds. The highest BCUT2D eigenvalue weighted by atomic mass is 35.5. The van der Waals surface area contributed by atoms with Crippen LogP contribution in [0.15, 0.2) is 53.7 Å². The number of carbonyl (C=O) groups is 1. The van der Waals surface area contributed by atoms with Crippen LogP contribution in [0.1, 0.15) is 0 Å². The molecule has 0 atom stereocenters. The van der Waals surface area contributed by atoms with E-state index >= 15 is 0 Å². The predicted molar refractivity (Wildman–Crippen MR) is 115 cm³/mol. The van der Waals surface area contributed by atoms with Crippen LogP contribution in [0.5, 0.6) is 5.75 Å². The standard InChI is InChI=1S/C20H19ClF2N4O3S/c1-29-11-10-27-18(13-6-8-14(21)9-7-13)25-26-20(27)31-12-17(28)24-15-4-2-3-5-16(15)30-19(22)23/h2-9,19H,10-12H2,1H3,(H,24,28). The molecule has 1 N–H and O–H groups in total. The lowest BCUT2D eigenvalue weighted by atomic mass is 10.2. The number of amides is 1. The monoisotopic (exact) mass is 468 g/mol. The number of methoxy groups -OCH3 is 1. The molecular formula is C20H19ClF2N4O3S. The van der Waals surface area contributed by atoms with Crippen LogP contribution in [0, 0.1) is 0 Å². The van der Waals surface area contributed by atoms with E-state index in [9.17, 15) is 13.6 Å². The van der Waals surface area contributed by atoms with E-state index in [-0.39, 0.29) is 17.2 Å². The first-order valence-electron chi connectivity index (χ1n) is 9.12. The molecule has 1 heterocycles. The van der Waals surface area contributed by atoms with Crippen LogP contribution in [0.2, 0.25) is 5.02 Å². The Kier molecular flexibility index (Phi) is 8.21. The zero-order valence-electron chi connectivity index (χ0n) is 16.4. The first-order chi connectivity index (χ1) is 15.0. The number of halogens is 3. The number of ether oxygens (including phenoxy) is 2. The number of hydrogen-bond donors (Lipinski definition) is 1. The first-order valence-corrected chi connectivity index (χ1v) is 10.5. The highest BCUT2D eigenvalue weighted by Crippen LogP contribution is 2.27. The van der Waals surface area contributed by atoms with Crippen molar-refractivity contribution < 1.29 is 23.0 Å². The van der Waals surface area contributed by atoms with Crippen molar-refractivity contribution >= 4 is 35.0 Å². The van der Waals surface area contributed by atoms with Gasteiger partial charge in [-0.1, -0.05) is 35.5 Å². The predicted octanol–water partition coefficient (Wildman–Crippen LogP) is 4.58. The van der Waals surface area contributed by atoms with E-state index < -0.39 is 12.5 Å². The summed E-state index contributed by atoms with van der Waals surface area (Å²) in [6.45, 7) is -2.08. The van der Waals surface area contributed by atoms with Gasteiger partial charge in [0, 0.05) is 17.7 Å². The Hall–Kier alpha value is -2.69. The minimum atomic E-state index is -2.99. The molecule has 0 aliphatic carbocycles. The molecule has 3 rings (SSSR count). The number of carbonyl (C=O) groups excluding carboxylic acids is 1. The average Bonchev–Trinajstić information content (AvgIpc) is 3.15. The minimum Gasteiger partial charge on any atom is -0.433 e. The molecule has 0 unspecified atom stereocenters. The van der Waals surface area contributed by atoms with Gasteiger partial charge in [0.2, 0.25) is 5.91 Å². The van der Waals surface area contributed by atoms with Gasteiger partial charge in [-0.25, -0.2) is 0 Å². The van der Waals surface area contributed by atoms with Gasteiger partial charge in [0.15, 0.2) is 11.0 Å². The number of alkyl halides is 2. The molecule has 0 saturated heterocycles. The topological polar surface area (TPSA) is 78.3 Å². The lowest BCUT2D eigenvalue weighted by Crippen LogP contribution is -2.16. The zero-order chi connectivity index (χ0) is 22.2. The number of hydrogen-bond acceptors (Lipinski definition) is 6. The van der Waals surface area contributed by atoms with Crippen LogP contribution in [0.4, 0.5) is 14.5 Å². The molecule has 1 aromatic heterocycles. The first kappa shape index (κ1) is 23.0. The Balaban J connectivity index is 1.71. The molecule has 3 aromatic rings. The lowest BCUT2D eigenvalue weighted by Gasteiger charge is -2.12. The molecule has 0 fully saturated rings. The Bertz CT molecular complexity index is 1020. The van der Waals surface area contributed by atoms with Gasteiger partial charge in [0.05, 0.1) is 24.6 Å². The van der Waals surface area contributed by atoms with Crippen molar-refractivity contribution in [1.82, 2.24) is 14.8 Å². The quantitative estimate of drug-likeness (QED) is 0.439. The number of thioether (sulfide) groups is 1. The van der Waals surface area contributed by atoms with Crippen LogP contribution >= 0.6 is 23.4 Å². The van der Waals surface area contributed by atoms with Gasteiger partial charge in [0.1, 0.15) is 5.75 Å². The van der Waals surface area contributed by atoms with Crippen LogP contribution in [-0.4, -0.2) is 46.8 Å². The van der Waals surface area contributed by atoms with E-state index in [1.165, 1.54) is 23.9 Å². The van der Waals surface area contributed by atoms with E-state index in [1.54, 1.807) is 31.4 Å². The van der Waals surface area contributed by atoms with E-state index in [4.69, 9.17) is 16.3 Å². The minimum absolute atomic E-state index is 0.00521. The van der Waals surface area contributed by atoms with Gasteiger partial charge in [-0.2, -0.15) is 8.78 Å². The van der Waals surface area contributed by atoms with Gasteiger partial charge in [-0.05, 0) is 36.4 Å². The van der Waals surface area contributed by atoms with Crippen molar-refractivity contribution in [3.63, 3.8) is 0 Å². The SMILES string of the molecule is COCCn1c(SCC(=O)Nc2ccccc2OC(F)F)nnc1-c1ccc(Cl)cc1. The summed E-state index contributed by atoms with van der Waals surface area (Å²) < 4.78 is 36.5. The Labute approximate surface area is 186 Å². The Morgan fingerprint density at radius 3 is 2.65 bits per heavy atom. The summed E-state index contributed by atoms with van der Waals surface area (Å²) in [4.78, 5) is 12.4. The summed E-state index contributed by atoms with van der Waals surface area (Å²) in [5, 5.41) is 12.1. The maximum atomic E-state index is 12.5. The van der Waals surface area contributed by atoms with E-state index in [0.717, 1.165) is 5.56 Å². The van der Waals surface area contributed by atoms with Gasteiger partial charge >= 0.3 is 6.61 Å². The molecule has 31 heavy (non-hydrogen) atoms. The van der Waals surface area contributed by atoms with Crippen LogP contribution in [-0.2, 0) is 16.1 Å². The maximum Gasteiger partial charge on any atom is 0.387 e. The largest absolute Gasteiger partial charge is 0.433 e. The number of nitrogens with zero attached hydrogens (tertiary/aromatic N) is 3. The second-order valence-corrected chi connectivity index (χ2v) is 7.55. The fourth-order valence-electron chi connectivity index (χ4n) is 2.68. The Morgan fingerprint density at radius 1 is 1.19 bits per heavy atom. The maximum absolute atomic E-state index is 12.5. The van der Waals surface area contributed by atoms with Gasteiger partial charge in [-0.15, -0.1) is 10.2 Å². The van der Waals surface area contributed by atoms with Crippen LogP contribution in [0.3, 0.4) is 0 Å². The lowest BCUT2D eigenvalue weighted by molar-refractivity contribution is -0.113. The highest BCUT2D eigenvalue weighted by molar-refractivity contribution is 7.99. The molecule has 0 bridgehead atoms. The normalized spacial score (nSPS) is 11.0. The summed E-state index contributed by atoms with van der Waals surface area (Å²) in [6.07, 6.45) is 0. The van der Waals surface area contributed by atoms with Crippen LogP contribution < -0.4 is 10.1 Å². The molecule has 11 heteroatoms.